The predicted molar refractivity (Wildman–Crippen MR) is 137 cm³/mol. The summed E-state index contributed by atoms with van der Waals surface area (Å²) in [6.07, 6.45) is 5.17. The molecule has 1 aromatic carbocycles. The molecule has 9 nitrogen and oxygen atoms in total. The summed E-state index contributed by atoms with van der Waals surface area (Å²) >= 11 is 0. The number of phenols is 1. The lowest BCUT2D eigenvalue weighted by molar-refractivity contribution is 0.0163. The third kappa shape index (κ3) is 5.95. The highest BCUT2D eigenvalue weighted by molar-refractivity contribution is 5.69. The van der Waals surface area contributed by atoms with Gasteiger partial charge in [-0.15, -0.1) is 10.2 Å². The van der Waals surface area contributed by atoms with Crippen molar-refractivity contribution >= 4 is 11.9 Å². The molecule has 36 heavy (non-hydrogen) atoms. The van der Waals surface area contributed by atoms with Gasteiger partial charge in [-0.25, -0.2) is 4.79 Å². The van der Waals surface area contributed by atoms with Crippen LogP contribution in [0.1, 0.15) is 57.7 Å². The standard InChI is InChI=1S/C27H32N6O3/c1-18(20-11-13-32(14-12-20)26(35)36-27(2,3)4)33-17-19(16-29-33)9-10-21-15-23(30-31-25(21)28)22-7-5-6-8-24(22)34/h5-8,15-18,20,34H,11-14H2,1-4H3,(H2,28,31)/t18-/m1/s1. The minimum atomic E-state index is -0.490. The summed E-state index contributed by atoms with van der Waals surface area (Å²) in [5, 5.41) is 22.7. The second-order valence-corrected chi connectivity index (χ2v) is 10.1. The molecule has 1 aliphatic heterocycles. The zero-order chi connectivity index (χ0) is 25.9. The van der Waals surface area contributed by atoms with Gasteiger partial charge >= 0.3 is 6.09 Å². The number of aromatic nitrogens is 4. The number of likely N-dealkylation sites (tertiary alicyclic amines) is 1. The fourth-order valence-electron chi connectivity index (χ4n) is 4.19. The molecule has 1 amide bonds. The van der Waals surface area contributed by atoms with E-state index in [4.69, 9.17) is 10.5 Å². The Kier molecular flexibility index (Phi) is 7.15. The molecule has 1 fully saturated rings. The van der Waals surface area contributed by atoms with Crippen molar-refractivity contribution in [2.45, 2.75) is 52.2 Å². The van der Waals surface area contributed by atoms with Crippen molar-refractivity contribution in [3.8, 4) is 28.8 Å². The van der Waals surface area contributed by atoms with Crippen LogP contribution in [-0.2, 0) is 4.74 Å². The summed E-state index contributed by atoms with van der Waals surface area (Å²) in [5.41, 5.74) is 7.84. The molecule has 0 radical (unpaired) electrons. The number of para-hydroxylation sites is 1. The summed E-state index contributed by atoms with van der Waals surface area (Å²) in [6, 6.07) is 8.80. The summed E-state index contributed by atoms with van der Waals surface area (Å²) in [7, 11) is 0. The molecule has 0 spiro atoms. The minimum Gasteiger partial charge on any atom is -0.507 e. The molecule has 0 saturated carbocycles. The lowest BCUT2D eigenvalue weighted by atomic mass is 9.90. The third-order valence-corrected chi connectivity index (χ3v) is 6.24. The average Bonchev–Trinajstić information content (AvgIpc) is 3.32. The zero-order valence-corrected chi connectivity index (χ0v) is 21.1. The van der Waals surface area contributed by atoms with Gasteiger partial charge in [0.2, 0.25) is 0 Å². The topological polar surface area (TPSA) is 119 Å². The summed E-state index contributed by atoms with van der Waals surface area (Å²) < 4.78 is 7.43. The maximum Gasteiger partial charge on any atom is 0.410 e. The van der Waals surface area contributed by atoms with Gasteiger partial charge < -0.3 is 20.5 Å². The molecule has 9 heteroatoms. The Hall–Kier alpha value is -4.06. The number of carbonyl (C=O) groups is 1. The molecular formula is C27H32N6O3. The first-order valence-corrected chi connectivity index (χ1v) is 12.1. The number of aromatic hydroxyl groups is 1. The molecule has 3 N–H and O–H groups in total. The fraction of sp³-hybridized carbons (Fsp3) is 0.407. The number of nitrogens with two attached hydrogens (primary N) is 1. The van der Waals surface area contributed by atoms with Crippen molar-refractivity contribution < 1.29 is 14.6 Å². The quantitative estimate of drug-likeness (QED) is 0.529. The molecule has 0 aliphatic carbocycles. The summed E-state index contributed by atoms with van der Waals surface area (Å²) in [5.74, 6) is 6.89. The Labute approximate surface area is 211 Å². The van der Waals surface area contributed by atoms with Gasteiger partial charge in [-0.2, -0.15) is 5.10 Å². The van der Waals surface area contributed by atoms with E-state index in [-0.39, 0.29) is 23.7 Å². The highest BCUT2D eigenvalue weighted by atomic mass is 16.6. The first kappa shape index (κ1) is 25.0. The Bertz CT molecular complexity index is 1290. The second kappa shape index (κ2) is 10.3. The van der Waals surface area contributed by atoms with Crippen molar-refractivity contribution in [3.05, 3.63) is 53.9 Å². The van der Waals surface area contributed by atoms with E-state index < -0.39 is 5.60 Å². The first-order chi connectivity index (χ1) is 17.1. The Morgan fingerprint density at radius 3 is 2.61 bits per heavy atom. The predicted octanol–water partition coefficient (Wildman–Crippen LogP) is 4.24. The van der Waals surface area contributed by atoms with Crippen molar-refractivity contribution in [1.29, 1.82) is 0 Å². The van der Waals surface area contributed by atoms with Crippen molar-refractivity contribution in [3.63, 3.8) is 0 Å². The Balaban J connectivity index is 1.41. The lowest BCUT2D eigenvalue weighted by Crippen LogP contribution is -2.42. The number of piperidine rings is 1. The van der Waals surface area contributed by atoms with Crippen LogP contribution in [0.3, 0.4) is 0 Å². The number of benzene rings is 1. The summed E-state index contributed by atoms with van der Waals surface area (Å²) in [6.45, 7) is 9.12. The molecule has 0 bridgehead atoms. The van der Waals surface area contributed by atoms with E-state index in [0.29, 0.717) is 35.8 Å². The molecule has 1 saturated heterocycles. The molecule has 1 atom stereocenters. The number of nitrogens with zero attached hydrogens (tertiary/aromatic N) is 5. The number of amides is 1. The molecular weight excluding hydrogens is 456 g/mol. The van der Waals surface area contributed by atoms with Gasteiger partial charge in [-0.3, -0.25) is 4.68 Å². The molecule has 3 heterocycles. The van der Waals surface area contributed by atoms with E-state index in [0.717, 1.165) is 18.4 Å². The smallest absolute Gasteiger partial charge is 0.410 e. The number of nitrogen functional groups attached to an aromatic ring is 1. The van der Waals surface area contributed by atoms with E-state index in [1.165, 1.54) is 0 Å². The maximum atomic E-state index is 12.3. The number of hydrogen-bond acceptors (Lipinski definition) is 7. The molecule has 0 unspecified atom stereocenters. The van der Waals surface area contributed by atoms with Crippen LogP contribution in [0.5, 0.6) is 5.75 Å². The maximum absolute atomic E-state index is 12.3. The van der Waals surface area contributed by atoms with Gasteiger partial charge in [0.15, 0.2) is 5.82 Å². The number of carbonyl (C=O) groups excluding carboxylic acids is 1. The van der Waals surface area contributed by atoms with Gasteiger partial charge in [0, 0.05) is 24.8 Å². The largest absolute Gasteiger partial charge is 0.507 e. The van der Waals surface area contributed by atoms with Gasteiger partial charge in [0.05, 0.1) is 29.1 Å². The lowest BCUT2D eigenvalue weighted by Gasteiger charge is -2.35. The molecule has 188 valence electrons. The van der Waals surface area contributed by atoms with Crippen LogP contribution < -0.4 is 5.73 Å². The van der Waals surface area contributed by atoms with Crippen molar-refractivity contribution in [2.75, 3.05) is 18.8 Å². The van der Waals surface area contributed by atoms with Crippen molar-refractivity contribution in [1.82, 2.24) is 24.9 Å². The van der Waals surface area contributed by atoms with Crippen LogP contribution >= 0.6 is 0 Å². The van der Waals surface area contributed by atoms with Gasteiger partial charge in [0.1, 0.15) is 11.4 Å². The SMILES string of the molecule is C[C@H](C1CCN(C(=O)OC(C)(C)C)CC1)n1cc(C#Cc2cc(-c3ccccc3O)nnc2N)cn1. The van der Waals surface area contributed by atoms with E-state index in [9.17, 15) is 9.90 Å². The van der Waals surface area contributed by atoms with Crippen LogP contribution in [0.25, 0.3) is 11.3 Å². The van der Waals surface area contributed by atoms with Crippen LogP contribution in [0, 0.1) is 17.8 Å². The third-order valence-electron chi connectivity index (χ3n) is 6.24. The van der Waals surface area contributed by atoms with Crippen LogP contribution in [0.4, 0.5) is 10.6 Å². The molecule has 1 aliphatic rings. The van der Waals surface area contributed by atoms with Gasteiger partial charge in [-0.05, 0) is 64.7 Å². The first-order valence-electron chi connectivity index (χ1n) is 12.1. The fourth-order valence-corrected chi connectivity index (χ4v) is 4.19. The Morgan fingerprint density at radius 1 is 1.19 bits per heavy atom. The minimum absolute atomic E-state index is 0.114. The number of phenolic OH excluding ortho intramolecular Hbond substituents is 1. The summed E-state index contributed by atoms with van der Waals surface area (Å²) in [4.78, 5) is 14.1. The van der Waals surface area contributed by atoms with E-state index >= 15 is 0 Å². The molecule has 2 aromatic heterocycles. The monoisotopic (exact) mass is 488 g/mol. The number of ether oxygens (including phenoxy) is 1. The average molecular weight is 489 g/mol. The van der Waals surface area contributed by atoms with Gasteiger partial charge in [-0.1, -0.05) is 24.0 Å². The van der Waals surface area contributed by atoms with E-state index in [2.05, 4.69) is 34.1 Å². The molecule has 3 aromatic rings. The van der Waals surface area contributed by atoms with Crippen LogP contribution in [-0.4, -0.2) is 54.8 Å². The number of anilines is 1. The highest BCUT2D eigenvalue weighted by Gasteiger charge is 2.30. The number of hydrogen-bond donors (Lipinski definition) is 2. The zero-order valence-electron chi connectivity index (χ0n) is 21.1. The number of rotatable bonds is 3. The highest BCUT2D eigenvalue weighted by Crippen LogP contribution is 2.29. The van der Waals surface area contributed by atoms with Crippen LogP contribution in [0.15, 0.2) is 42.7 Å². The van der Waals surface area contributed by atoms with Crippen molar-refractivity contribution in [2.24, 2.45) is 5.92 Å². The van der Waals surface area contributed by atoms with E-state index in [1.54, 1.807) is 35.4 Å². The van der Waals surface area contributed by atoms with E-state index in [1.807, 2.05) is 37.7 Å². The normalized spacial score (nSPS) is 15.2. The molecule has 4 rings (SSSR count). The van der Waals surface area contributed by atoms with Gasteiger partial charge in [0.25, 0.3) is 0 Å². The van der Waals surface area contributed by atoms with Crippen LogP contribution in [0.2, 0.25) is 0 Å². The Morgan fingerprint density at radius 2 is 1.92 bits per heavy atom. The second-order valence-electron chi connectivity index (χ2n) is 10.1.